The molecule has 0 aliphatic heterocycles. The summed E-state index contributed by atoms with van der Waals surface area (Å²) in [7, 11) is 0. The highest BCUT2D eigenvalue weighted by Gasteiger charge is 2.52. The van der Waals surface area contributed by atoms with E-state index in [9.17, 15) is 19.2 Å². The van der Waals surface area contributed by atoms with E-state index in [0.717, 1.165) is 48.4 Å². The Labute approximate surface area is 319 Å². The number of carbonyl (C=O) groups is 4. The third-order valence-corrected chi connectivity index (χ3v) is 8.71. The van der Waals surface area contributed by atoms with Crippen LogP contribution < -0.4 is 16.4 Å². The zero-order valence-electron chi connectivity index (χ0n) is 30.7. The van der Waals surface area contributed by atoms with Crippen LogP contribution in [0.4, 0.5) is 0 Å². The highest BCUT2D eigenvalue weighted by atomic mass is 16.2. The molecule has 0 saturated carbocycles. The number of benzene rings is 4. The number of rotatable bonds is 22. The lowest BCUT2D eigenvalue weighted by molar-refractivity contribution is -0.156. The van der Waals surface area contributed by atoms with E-state index in [-0.39, 0.29) is 13.0 Å². The fraction of sp³-hybridized carbons (Fsp3) is 0.217. The first-order valence-electron chi connectivity index (χ1n) is 18.4. The van der Waals surface area contributed by atoms with E-state index < -0.39 is 28.9 Å². The Balaban J connectivity index is 1.79. The quantitative estimate of drug-likeness (QED) is 0.0465. The second-order valence-electron chi connectivity index (χ2n) is 12.7. The van der Waals surface area contributed by atoms with E-state index in [1.807, 2.05) is 121 Å². The highest BCUT2D eigenvalue weighted by molar-refractivity contribution is 6.26. The van der Waals surface area contributed by atoms with Crippen LogP contribution in [0.25, 0.3) is 24.3 Å². The summed E-state index contributed by atoms with van der Waals surface area (Å²) in [5, 5.41) is 6.73. The van der Waals surface area contributed by atoms with Crippen molar-refractivity contribution in [3.05, 3.63) is 168 Å². The second-order valence-corrected chi connectivity index (χ2v) is 12.7. The maximum Gasteiger partial charge on any atom is 0.254 e. The first-order valence-corrected chi connectivity index (χ1v) is 18.4. The van der Waals surface area contributed by atoms with Crippen molar-refractivity contribution in [2.45, 2.75) is 31.2 Å². The van der Waals surface area contributed by atoms with Gasteiger partial charge in [-0.15, -0.1) is 0 Å². The largest absolute Gasteiger partial charge is 0.330 e. The zero-order valence-corrected chi connectivity index (χ0v) is 30.7. The Hall–Kier alpha value is -5.80. The Morgan fingerprint density at radius 1 is 0.481 bits per heavy atom. The third kappa shape index (κ3) is 13.0. The topological polar surface area (TPSA) is 122 Å². The summed E-state index contributed by atoms with van der Waals surface area (Å²) in [6, 6.07) is 36.7. The van der Waals surface area contributed by atoms with E-state index in [1.165, 1.54) is 24.3 Å². The summed E-state index contributed by atoms with van der Waals surface area (Å²) < 4.78 is 0. The molecule has 0 saturated heterocycles. The lowest BCUT2D eigenvalue weighted by atomic mass is 9.81. The minimum Gasteiger partial charge on any atom is -0.330 e. The molecule has 0 aliphatic carbocycles. The van der Waals surface area contributed by atoms with E-state index in [0.29, 0.717) is 24.2 Å². The summed E-state index contributed by atoms with van der Waals surface area (Å²) in [5.41, 5.74) is 6.23. The summed E-state index contributed by atoms with van der Waals surface area (Å²) in [4.78, 5) is 59.3. The molecule has 4 aromatic carbocycles. The molecule has 0 unspecified atom stereocenters. The predicted molar refractivity (Wildman–Crippen MR) is 220 cm³/mol. The van der Waals surface area contributed by atoms with E-state index >= 15 is 0 Å². The van der Waals surface area contributed by atoms with Gasteiger partial charge in [-0.2, -0.15) is 0 Å². The standard InChI is InChI=1S/C46H50N4O4/c47-33-15-36-48-34-13-14-35-49-37-32-46(42(51)28-24-38-16-5-1-6-17-38,43(52)29-25-39-18-7-2-8-19-39)50(44(53)30-26-40-20-9-3-10-21-40)45(54)31-27-41-22-11-4-12-23-41/h1-12,16-31,48-49H,13-15,32-37,47H2. The van der Waals surface area contributed by atoms with Crippen LogP contribution in [0, 0.1) is 0 Å². The molecule has 0 aromatic heterocycles. The first kappa shape index (κ1) is 41.0. The average molecular weight is 723 g/mol. The van der Waals surface area contributed by atoms with Gasteiger partial charge in [0.05, 0.1) is 0 Å². The number of nitrogens with zero attached hydrogens (tertiary/aromatic N) is 1. The van der Waals surface area contributed by atoms with Gasteiger partial charge in [0, 0.05) is 12.2 Å². The fourth-order valence-corrected chi connectivity index (χ4v) is 5.79. The number of hydrogen-bond acceptors (Lipinski definition) is 7. The molecule has 0 aliphatic rings. The lowest BCUT2D eigenvalue weighted by Crippen LogP contribution is -2.63. The van der Waals surface area contributed by atoms with Gasteiger partial charge in [-0.05, 0) is 105 Å². The second kappa shape index (κ2) is 23.0. The Bertz CT molecular complexity index is 1750. The van der Waals surface area contributed by atoms with E-state index in [4.69, 9.17) is 5.73 Å². The maximum absolute atomic E-state index is 14.8. The van der Waals surface area contributed by atoms with Gasteiger partial charge < -0.3 is 16.4 Å². The molecular weight excluding hydrogens is 673 g/mol. The van der Waals surface area contributed by atoms with Crippen molar-refractivity contribution < 1.29 is 19.2 Å². The molecular formula is C46H50N4O4. The van der Waals surface area contributed by atoms with Crippen molar-refractivity contribution in [1.82, 2.24) is 15.5 Å². The van der Waals surface area contributed by atoms with Crippen molar-refractivity contribution in [2.75, 3.05) is 32.7 Å². The number of nitrogens with two attached hydrogens (primary N) is 1. The van der Waals surface area contributed by atoms with Crippen molar-refractivity contribution in [1.29, 1.82) is 0 Å². The number of amides is 2. The number of hydrogen-bond donors (Lipinski definition) is 3. The normalized spacial score (nSPS) is 12.8. The van der Waals surface area contributed by atoms with Gasteiger partial charge >= 0.3 is 0 Å². The first-order chi connectivity index (χ1) is 26.4. The zero-order chi connectivity index (χ0) is 38.3. The molecule has 4 aromatic rings. The molecule has 2 amide bonds. The smallest absolute Gasteiger partial charge is 0.254 e. The molecule has 54 heavy (non-hydrogen) atoms. The molecule has 8 nitrogen and oxygen atoms in total. The molecule has 8 heteroatoms. The van der Waals surface area contributed by atoms with Gasteiger partial charge in [-0.1, -0.05) is 133 Å². The minimum atomic E-state index is -2.23. The third-order valence-electron chi connectivity index (χ3n) is 8.71. The Morgan fingerprint density at radius 2 is 0.815 bits per heavy atom. The average Bonchev–Trinajstić information content (AvgIpc) is 3.22. The lowest BCUT2D eigenvalue weighted by Gasteiger charge is -2.38. The Morgan fingerprint density at radius 3 is 1.19 bits per heavy atom. The van der Waals surface area contributed by atoms with Gasteiger partial charge in [0.1, 0.15) is 0 Å². The molecule has 0 heterocycles. The van der Waals surface area contributed by atoms with Crippen molar-refractivity contribution in [3.8, 4) is 0 Å². The summed E-state index contributed by atoms with van der Waals surface area (Å²) in [6.45, 7) is 3.13. The van der Waals surface area contributed by atoms with Crippen LogP contribution in [-0.2, 0) is 19.2 Å². The molecule has 0 fully saturated rings. The van der Waals surface area contributed by atoms with Gasteiger partial charge in [-0.3, -0.25) is 24.1 Å². The summed E-state index contributed by atoms with van der Waals surface area (Å²) >= 11 is 0. The summed E-state index contributed by atoms with van der Waals surface area (Å²) in [6.07, 6.45) is 13.9. The summed E-state index contributed by atoms with van der Waals surface area (Å²) in [5.74, 6) is -2.98. The van der Waals surface area contributed by atoms with Gasteiger partial charge in [0.25, 0.3) is 11.8 Å². The van der Waals surface area contributed by atoms with Crippen LogP contribution in [0.3, 0.4) is 0 Å². The number of carbonyl (C=O) groups excluding carboxylic acids is 4. The van der Waals surface area contributed by atoms with Crippen molar-refractivity contribution in [3.63, 3.8) is 0 Å². The predicted octanol–water partition coefficient (Wildman–Crippen LogP) is 6.77. The van der Waals surface area contributed by atoms with Crippen LogP contribution in [-0.4, -0.2) is 66.5 Å². The van der Waals surface area contributed by atoms with Crippen LogP contribution in [0.2, 0.25) is 0 Å². The van der Waals surface area contributed by atoms with Crippen LogP contribution in [0.1, 0.15) is 47.9 Å². The number of imide groups is 1. The van der Waals surface area contributed by atoms with Crippen LogP contribution in [0.15, 0.2) is 146 Å². The molecule has 4 rings (SSSR count). The van der Waals surface area contributed by atoms with Crippen LogP contribution >= 0.6 is 0 Å². The number of ketones is 2. The molecule has 278 valence electrons. The SMILES string of the molecule is NCCCNCCCCNCCC(C(=O)C=Cc1ccccc1)(C(=O)C=Cc1ccccc1)N(C(=O)C=Cc1ccccc1)C(=O)C=Cc1ccccc1. The molecule has 0 radical (unpaired) electrons. The fourth-order valence-electron chi connectivity index (χ4n) is 5.79. The molecule has 4 N–H and O–H groups in total. The van der Waals surface area contributed by atoms with Gasteiger partial charge in [-0.25, -0.2) is 0 Å². The Kier molecular flexibility index (Phi) is 17.4. The van der Waals surface area contributed by atoms with E-state index in [2.05, 4.69) is 10.6 Å². The maximum atomic E-state index is 14.8. The van der Waals surface area contributed by atoms with Gasteiger partial charge in [0.15, 0.2) is 17.1 Å². The highest BCUT2D eigenvalue weighted by Crippen LogP contribution is 2.28. The molecule has 0 spiro atoms. The van der Waals surface area contributed by atoms with Crippen molar-refractivity contribution >= 4 is 47.7 Å². The van der Waals surface area contributed by atoms with Gasteiger partial charge in [0.2, 0.25) is 0 Å². The number of unbranched alkanes of at least 4 members (excludes halogenated alkanes) is 1. The number of nitrogens with one attached hydrogen (secondary N) is 2. The van der Waals surface area contributed by atoms with Crippen LogP contribution in [0.5, 0.6) is 0 Å². The van der Waals surface area contributed by atoms with E-state index in [1.54, 1.807) is 24.3 Å². The monoisotopic (exact) mass is 722 g/mol. The van der Waals surface area contributed by atoms with Crippen molar-refractivity contribution in [2.24, 2.45) is 5.73 Å². The molecule has 0 bridgehead atoms. The molecule has 0 atom stereocenters. The minimum absolute atomic E-state index is 0.159.